The monoisotopic (exact) mass is 480 g/mol. The minimum absolute atomic E-state index is 0.00197. The fourth-order valence-corrected chi connectivity index (χ4v) is 5.41. The van der Waals surface area contributed by atoms with Crippen LogP contribution in [0.4, 0.5) is 11.4 Å². The van der Waals surface area contributed by atoms with Gasteiger partial charge in [0.05, 0.1) is 18.6 Å². The molecule has 1 heterocycles. The molecule has 1 aliphatic rings. The number of thioether (sulfide) groups is 1. The summed E-state index contributed by atoms with van der Waals surface area (Å²) in [7, 11) is 1.60. The summed E-state index contributed by atoms with van der Waals surface area (Å²) in [4.78, 5) is 27.8. The maximum absolute atomic E-state index is 13.1. The minimum atomic E-state index is -0.282. The van der Waals surface area contributed by atoms with Gasteiger partial charge in [-0.3, -0.25) is 14.5 Å². The number of rotatable bonds is 6. The van der Waals surface area contributed by atoms with Gasteiger partial charge in [-0.25, -0.2) is 0 Å². The van der Waals surface area contributed by atoms with Crippen molar-refractivity contribution in [3.63, 3.8) is 0 Å². The molecule has 5 nitrogen and oxygen atoms in total. The third kappa shape index (κ3) is 4.66. The molecule has 4 aromatic carbocycles. The summed E-state index contributed by atoms with van der Waals surface area (Å²) in [5, 5.41) is 2.78. The molecule has 0 spiro atoms. The molecule has 0 bridgehead atoms. The van der Waals surface area contributed by atoms with Gasteiger partial charge in [-0.1, -0.05) is 72.8 Å². The standard InChI is InChI=1S/C29H24N2O3S/c1-34-26-14-8-7-13-25(26)31-27(32)19-35-29(31)23-11-5-6-12-24(23)30-28(33)22-17-15-21(16-18-22)20-9-3-2-4-10-20/h2-18,29H,19H2,1H3,(H,30,33). The number of benzene rings is 4. The first-order valence-electron chi connectivity index (χ1n) is 11.3. The van der Waals surface area contributed by atoms with Crippen molar-refractivity contribution in [3.8, 4) is 16.9 Å². The third-order valence-corrected chi connectivity index (χ3v) is 7.14. The molecule has 0 radical (unpaired) electrons. The first kappa shape index (κ1) is 22.7. The first-order valence-corrected chi connectivity index (χ1v) is 12.3. The molecule has 0 aromatic heterocycles. The predicted molar refractivity (Wildman–Crippen MR) is 142 cm³/mol. The van der Waals surface area contributed by atoms with Crippen LogP contribution in [0.3, 0.4) is 0 Å². The number of para-hydroxylation sites is 3. The van der Waals surface area contributed by atoms with E-state index in [4.69, 9.17) is 4.74 Å². The highest BCUT2D eigenvalue weighted by Gasteiger charge is 2.36. The fourth-order valence-electron chi connectivity index (χ4n) is 4.21. The van der Waals surface area contributed by atoms with Gasteiger partial charge < -0.3 is 10.1 Å². The SMILES string of the molecule is COc1ccccc1N1C(=O)CSC1c1ccccc1NC(=O)c1ccc(-c2ccccc2)cc1. The van der Waals surface area contributed by atoms with E-state index in [1.165, 1.54) is 11.8 Å². The van der Waals surface area contributed by atoms with Crippen LogP contribution >= 0.6 is 11.8 Å². The number of anilines is 2. The number of nitrogens with one attached hydrogen (secondary N) is 1. The van der Waals surface area contributed by atoms with Crippen molar-refractivity contribution in [1.82, 2.24) is 0 Å². The van der Waals surface area contributed by atoms with Gasteiger partial charge in [-0.05, 0) is 41.5 Å². The normalized spacial score (nSPS) is 15.2. The van der Waals surface area contributed by atoms with Crippen molar-refractivity contribution >= 4 is 35.0 Å². The van der Waals surface area contributed by atoms with Gasteiger partial charge >= 0.3 is 0 Å². The zero-order valence-corrected chi connectivity index (χ0v) is 20.0. The smallest absolute Gasteiger partial charge is 0.255 e. The van der Waals surface area contributed by atoms with Crippen LogP contribution in [0.25, 0.3) is 11.1 Å². The molecule has 0 aliphatic carbocycles. The van der Waals surface area contributed by atoms with E-state index in [0.717, 1.165) is 16.7 Å². The van der Waals surface area contributed by atoms with Gasteiger partial charge in [0.1, 0.15) is 11.1 Å². The molecule has 2 amide bonds. The first-order chi connectivity index (χ1) is 17.2. The van der Waals surface area contributed by atoms with E-state index in [1.54, 1.807) is 12.0 Å². The van der Waals surface area contributed by atoms with E-state index in [9.17, 15) is 9.59 Å². The van der Waals surface area contributed by atoms with Crippen LogP contribution in [0.1, 0.15) is 21.3 Å². The highest BCUT2D eigenvalue weighted by Crippen LogP contribution is 2.46. The number of ether oxygens (including phenoxy) is 1. The molecule has 4 aromatic rings. The second kappa shape index (κ2) is 10.1. The van der Waals surface area contributed by atoms with Gasteiger partial charge in [-0.2, -0.15) is 0 Å². The lowest BCUT2D eigenvalue weighted by Gasteiger charge is -2.27. The summed E-state index contributed by atoms with van der Waals surface area (Å²) >= 11 is 1.53. The lowest BCUT2D eigenvalue weighted by Crippen LogP contribution is -2.29. The molecule has 1 atom stereocenters. The highest BCUT2D eigenvalue weighted by atomic mass is 32.2. The summed E-state index contributed by atoms with van der Waals surface area (Å²) < 4.78 is 5.51. The molecule has 174 valence electrons. The number of amides is 2. The molecule has 1 fully saturated rings. The number of carbonyl (C=O) groups excluding carboxylic acids is 2. The average Bonchev–Trinajstić information content (AvgIpc) is 3.30. The van der Waals surface area contributed by atoms with Gasteiger partial charge in [0.15, 0.2) is 0 Å². The van der Waals surface area contributed by atoms with Gasteiger partial charge in [0, 0.05) is 16.8 Å². The largest absolute Gasteiger partial charge is 0.495 e. The lowest BCUT2D eigenvalue weighted by atomic mass is 10.0. The number of hydrogen-bond acceptors (Lipinski definition) is 4. The molecular formula is C29H24N2O3S. The number of hydrogen-bond donors (Lipinski definition) is 1. The van der Waals surface area contributed by atoms with Gasteiger partial charge in [0.2, 0.25) is 5.91 Å². The maximum Gasteiger partial charge on any atom is 0.255 e. The van der Waals surface area contributed by atoms with Crippen molar-refractivity contribution in [1.29, 1.82) is 0 Å². The molecular weight excluding hydrogens is 456 g/mol. The number of nitrogens with zero attached hydrogens (tertiary/aromatic N) is 1. The molecule has 1 saturated heterocycles. The maximum atomic E-state index is 13.1. The minimum Gasteiger partial charge on any atom is -0.495 e. The zero-order chi connectivity index (χ0) is 24.2. The van der Waals surface area contributed by atoms with Crippen molar-refractivity contribution in [3.05, 3.63) is 114 Å². The van der Waals surface area contributed by atoms with E-state index in [0.29, 0.717) is 28.4 Å². The predicted octanol–water partition coefficient (Wildman–Crippen LogP) is 6.39. The number of methoxy groups -OCH3 is 1. The highest BCUT2D eigenvalue weighted by molar-refractivity contribution is 8.00. The Morgan fingerprint density at radius 3 is 2.29 bits per heavy atom. The summed E-state index contributed by atoms with van der Waals surface area (Å²) in [5.74, 6) is 0.789. The second-order valence-electron chi connectivity index (χ2n) is 8.08. The van der Waals surface area contributed by atoms with Crippen molar-refractivity contribution in [2.75, 3.05) is 23.1 Å². The van der Waals surface area contributed by atoms with E-state index in [2.05, 4.69) is 5.32 Å². The Labute approximate surface area is 208 Å². The van der Waals surface area contributed by atoms with Crippen molar-refractivity contribution in [2.45, 2.75) is 5.37 Å². The van der Waals surface area contributed by atoms with Crippen LogP contribution in [0.5, 0.6) is 5.75 Å². The molecule has 1 N–H and O–H groups in total. The van der Waals surface area contributed by atoms with Crippen molar-refractivity contribution < 1.29 is 14.3 Å². The van der Waals surface area contributed by atoms with Crippen LogP contribution in [0.15, 0.2) is 103 Å². The van der Waals surface area contributed by atoms with Gasteiger partial charge in [0.25, 0.3) is 5.91 Å². The molecule has 5 rings (SSSR count). The van der Waals surface area contributed by atoms with Gasteiger partial charge in [-0.15, -0.1) is 11.8 Å². The Morgan fingerprint density at radius 1 is 0.857 bits per heavy atom. The summed E-state index contributed by atoms with van der Waals surface area (Å²) in [6, 6.07) is 32.7. The van der Waals surface area contributed by atoms with Crippen molar-refractivity contribution in [2.24, 2.45) is 0 Å². The van der Waals surface area contributed by atoms with Crippen LogP contribution in [-0.4, -0.2) is 24.7 Å². The quantitative estimate of drug-likeness (QED) is 0.347. The van der Waals surface area contributed by atoms with E-state index in [1.807, 2.05) is 103 Å². The van der Waals surface area contributed by atoms with E-state index >= 15 is 0 Å². The van der Waals surface area contributed by atoms with Crippen LogP contribution in [0, 0.1) is 0 Å². The van der Waals surface area contributed by atoms with Crippen LogP contribution in [-0.2, 0) is 4.79 Å². The Balaban J connectivity index is 1.41. The number of carbonyl (C=O) groups is 2. The second-order valence-corrected chi connectivity index (χ2v) is 9.15. The Morgan fingerprint density at radius 2 is 1.51 bits per heavy atom. The fraction of sp³-hybridized carbons (Fsp3) is 0.103. The van der Waals surface area contributed by atoms with Crippen LogP contribution in [0.2, 0.25) is 0 Å². The molecule has 1 unspecified atom stereocenters. The summed E-state index contributed by atoms with van der Waals surface area (Å²) in [6.45, 7) is 0. The molecule has 1 aliphatic heterocycles. The molecule has 6 heteroatoms. The lowest BCUT2D eigenvalue weighted by molar-refractivity contribution is -0.115. The Bertz CT molecular complexity index is 1360. The zero-order valence-electron chi connectivity index (χ0n) is 19.2. The summed E-state index contributed by atoms with van der Waals surface area (Å²) in [5.41, 5.74) is 4.98. The van der Waals surface area contributed by atoms with Crippen LogP contribution < -0.4 is 15.0 Å². The average molecular weight is 481 g/mol. The molecule has 35 heavy (non-hydrogen) atoms. The molecule has 0 saturated carbocycles. The Kier molecular flexibility index (Phi) is 6.55. The topological polar surface area (TPSA) is 58.6 Å². The van der Waals surface area contributed by atoms with E-state index < -0.39 is 0 Å². The van der Waals surface area contributed by atoms with E-state index in [-0.39, 0.29) is 17.2 Å². The third-order valence-electron chi connectivity index (χ3n) is 5.94. The Hall–Kier alpha value is -4.03. The summed E-state index contributed by atoms with van der Waals surface area (Å²) in [6.07, 6.45) is 0.